The molecule has 0 bridgehead atoms. The lowest BCUT2D eigenvalue weighted by Crippen LogP contribution is -2.42. The Bertz CT molecular complexity index is 816. The molecule has 22 heavy (non-hydrogen) atoms. The van der Waals surface area contributed by atoms with E-state index in [2.05, 4.69) is 0 Å². The van der Waals surface area contributed by atoms with E-state index in [1.165, 1.54) is 13.8 Å². The third kappa shape index (κ3) is 2.38. The first-order valence-corrected chi connectivity index (χ1v) is 6.52. The lowest BCUT2D eigenvalue weighted by molar-refractivity contribution is -0.0216. The average molecular weight is 331 g/mol. The van der Waals surface area contributed by atoms with E-state index in [-0.39, 0.29) is 5.69 Å². The van der Waals surface area contributed by atoms with E-state index in [4.69, 9.17) is 16.3 Å². The molecule has 3 N–H and O–H groups in total. The van der Waals surface area contributed by atoms with Crippen LogP contribution in [-0.4, -0.2) is 31.5 Å². The Morgan fingerprint density at radius 3 is 2.73 bits per heavy atom. The smallest absolute Gasteiger partial charge is 0.331 e. The van der Waals surface area contributed by atoms with Crippen LogP contribution >= 0.6 is 11.6 Å². The maximum Gasteiger partial charge on any atom is 0.331 e. The van der Waals surface area contributed by atoms with Crippen LogP contribution in [0.3, 0.4) is 0 Å². The minimum absolute atomic E-state index is 0.0804. The zero-order chi connectivity index (χ0) is 16.7. The van der Waals surface area contributed by atoms with Crippen molar-refractivity contribution in [1.82, 2.24) is 9.55 Å². The van der Waals surface area contributed by atoms with E-state index in [1.807, 2.05) is 10.9 Å². The summed E-state index contributed by atoms with van der Waals surface area (Å²) in [5.74, 6) is 0.484. The molecule has 2 rings (SSSR count). The Hall–Kier alpha value is -2.24. The van der Waals surface area contributed by atoms with E-state index in [9.17, 15) is 19.8 Å². The number of hydrogen-bond acceptors (Lipinski definition) is 5. The van der Waals surface area contributed by atoms with Crippen molar-refractivity contribution in [2.45, 2.75) is 31.8 Å². The highest BCUT2D eigenvalue weighted by Crippen LogP contribution is 2.43. The first-order chi connectivity index (χ1) is 10.2. The molecule has 0 spiro atoms. The van der Waals surface area contributed by atoms with Gasteiger partial charge in [0.15, 0.2) is 11.5 Å². The maximum atomic E-state index is 15.1. The second kappa shape index (κ2) is 5.51. The third-order valence-electron chi connectivity index (χ3n) is 3.17. The molecule has 2 heterocycles. The molecule has 7 nitrogen and oxygen atoms in total. The van der Waals surface area contributed by atoms with Crippen molar-refractivity contribution in [1.29, 1.82) is 0 Å². The molecule has 0 saturated heterocycles. The van der Waals surface area contributed by atoms with Gasteiger partial charge in [0.05, 0.1) is 0 Å². The number of aromatic amines is 1. The molecule has 118 valence electrons. The molecule has 1 aromatic heterocycles. The van der Waals surface area contributed by atoms with Crippen LogP contribution in [0.4, 0.5) is 4.39 Å². The summed E-state index contributed by atoms with van der Waals surface area (Å²) in [5.41, 5.74) is -4.39. The Morgan fingerprint density at radius 1 is 1.59 bits per heavy atom. The van der Waals surface area contributed by atoms with Gasteiger partial charge in [0.1, 0.15) is 6.10 Å². The van der Waals surface area contributed by atoms with Crippen LogP contribution in [0, 0.1) is 18.2 Å². The number of hydrogen-bond donors (Lipinski definition) is 3. The predicted octanol–water partition coefficient (Wildman–Crippen LogP) is 0.432. The number of nitrogens with one attached hydrogen (secondary N) is 1. The van der Waals surface area contributed by atoms with Crippen LogP contribution in [0.2, 0.25) is 0 Å². The number of H-pyrrole nitrogens is 1. The maximum absolute atomic E-state index is 15.1. The van der Waals surface area contributed by atoms with E-state index >= 15 is 4.39 Å². The Labute approximate surface area is 128 Å². The topological polar surface area (TPSA) is 105 Å². The molecule has 1 aliphatic heterocycles. The fraction of sp³-hybridized carbons (Fsp3) is 0.385. The fourth-order valence-corrected chi connectivity index (χ4v) is 2.32. The summed E-state index contributed by atoms with van der Waals surface area (Å²) < 4.78 is 21.0. The van der Waals surface area contributed by atoms with Gasteiger partial charge in [-0.3, -0.25) is 14.3 Å². The summed E-state index contributed by atoms with van der Waals surface area (Å²) >= 11 is 5.22. The SMILES string of the molecule is Cc1cc(=O)[nH]c(=O)n1[C@@H]1OC([C@H](C)O)=C(O)C1(F)C#CCl. The van der Waals surface area contributed by atoms with Crippen LogP contribution in [0.1, 0.15) is 18.8 Å². The first-order valence-electron chi connectivity index (χ1n) is 6.15. The van der Waals surface area contributed by atoms with Crippen molar-refractivity contribution in [3.05, 3.63) is 44.1 Å². The fourth-order valence-electron chi connectivity index (χ4n) is 2.18. The zero-order valence-electron chi connectivity index (χ0n) is 11.6. The van der Waals surface area contributed by atoms with E-state index in [1.54, 1.807) is 5.38 Å². The zero-order valence-corrected chi connectivity index (χ0v) is 12.3. The number of rotatable bonds is 2. The van der Waals surface area contributed by atoms with Gasteiger partial charge in [0, 0.05) is 17.1 Å². The molecular formula is C13H12ClFN2O5. The second-order valence-electron chi connectivity index (χ2n) is 4.74. The molecule has 0 fully saturated rings. The Kier molecular flexibility index (Phi) is 4.04. The number of aliphatic hydroxyl groups excluding tert-OH is 2. The van der Waals surface area contributed by atoms with Crippen molar-refractivity contribution in [3.63, 3.8) is 0 Å². The molecule has 0 radical (unpaired) electrons. The molecule has 1 unspecified atom stereocenters. The van der Waals surface area contributed by atoms with Gasteiger partial charge in [0.2, 0.25) is 6.23 Å². The molecule has 0 aromatic carbocycles. The summed E-state index contributed by atoms with van der Waals surface area (Å²) in [6, 6.07) is 1.05. The monoisotopic (exact) mass is 330 g/mol. The number of aliphatic hydroxyl groups is 2. The lowest BCUT2D eigenvalue weighted by atomic mass is 10.0. The minimum Gasteiger partial charge on any atom is -0.505 e. The predicted molar refractivity (Wildman–Crippen MR) is 75.0 cm³/mol. The molecule has 1 aliphatic rings. The van der Waals surface area contributed by atoms with Crippen LogP contribution < -0.4 is 11.2 Å². The largest absolute Gasteiger partial charge is 0.505 e. The van der Waals surface area contributed by atoms with Gasteiger partial charge in [-0.2, -0.15) is 0 Å². The first kappa shape index (κ1) is 16.1. The number of alkyl halides is 1. The number of ether oxygens (including phenoxy) is 1. The van der Waals surface area contributed by atoms with E-state index < -0.39 is 40.8 Å². The van der Waals surface area contributed by atoms with Crippen LogP contribution in [-0.2, 0) is 4.74 Å². The molecule has 0 saturated carbocycles. The third-order valence-corrected chi connectivity index (χ3v) is 3.26. The number of aromatic nitrogens is 2. The summed E-state index contributed by atoms with van der Waals surface area (Å²) in [6.07, 6.45) is -3.08. The molecule has 1 aromatic rings. The van der Waals surface area contributed by atoms with Gasteiger partial charge in [-0.15, -0.1) is 0 Å². The quantitative estimate of drug-likeness (QED) is 0.682. The lowest BCUT2D eigenvalue weighted by Gasteiger charge is -2.24. The second-order valence-corrected chi connectivity index (χ2v) is 4.93. The van der Waals surface area contributed by atoms with E-state index in [0.29, 0.717) is 0 Å². The van der Waals surface area contributed by atoms with Gasteiger partial charge < -0.3 is 14.9 Å². The standard InChI is InChI=1S/C13H12ClFN2O5/c1-6-5-8(19)16-12(21)17(6)11-13(15,3-4-14)10(20)9(22-11)7(2)18/h5,7,11,18,20H,1-2H3,(H,16,19,21)/t7-,11+,13?/m0/s1. The van der Waals surface area contributed by atoms with Gasteiger partial charge in [-0.25, -0.2) is 9.18 Å². The number of halogens is 2. The Balaban J connectivity index is 2.69. The summed E-state index contributed by atoms with van der Waals surface area (Å²) in [7, 11) is 0. The Morgan fingerprint density at radius 2 is 2.23 bits per heavy atom. The van der Waals surface area contributed by atoms with Gasteiger partial charge >= 0.3 is 5.69 Å². The van der Waals surface area contributed by atoms with Crippen LogP contribution in [0.25, 0.3) is 0 Å². The number of nitrogens with zero attached hydrogens (tertiary/aromatic N) is 1. The van der Waals surface area contributed by atoms with Gasteiger partial charge in [-0.1, -0.05) is 0 Å². The highest BCUT2D eigenvalue weighted by atomic mass is 35.5. The normalized spacial score (nSPS) is 25.4. The molecule has 3 atom stereocenters. The molecule has 0 amide bonds. The van der Waals surface area contributed by atoms with Crippen molar-refractivity contribution in [3.8, 4) is 11.3 Å². The van der Waals surface area contributed by atoms with Gasteiger partial charge in [-0.05, 0) is 31.4 Å². The average Bonchev–Trinajstić information content (AvgIpc) is 2.63. The number of aryl methyl sites for hydroxylation is 1. The molecule has 0 aliphatic carbocycles. The van der Waals surface area contributed by atoms with Crippen LogP contribution in [0.15, 0.2) is 27.2 Å². The highest BCUT2D eigenvalue weighted by molar-refractivity contribution is 6.30. The minimum atomic E-state index is -2.85. The molecular weight excluding hydrogens is 319 g/mol. The van der Waals surface area contributed by atoms with Crippen molar-refractivity contribution >= 4 is 11.6 Å². The van der Waals surface area contributed by atoms with Crippen molar-refractivity contribution in [2.24, 2.45) is 0 Å². The van der Waals surface area contributed by atoms with Crippen molar-refractivity contribution in [2.75, 3.05) is 0 Å². The van der Waals surface area contributed by atoms with E-state index in [0.717, 1.165) is 10.6 Å². The highest BCUT2D eigenvalue weighted by Gasteiger charge is 2.54. The van der Waals surface area contributed by atoms with Gasteiger partial charge in [0.25, 0.3) is 11.2 Å². The summed E-state index contributed by atoms with van der Waals surface area (Å²) in [6.45, 7) is 2.62. The van der Waals surface area contributed by atoms with Crippen LogP contribution in [0.5, 0.6) is 0 Å². The molecule has 9 heteroatoms. The van der Waals surface area contributed by atoms with Crippen molar-refractivity contribution < 1.29 is 19.3 Å². The summed E-state index contributed by atoms with van der Waals surface area (Å²) in [4.78, 5) is 25.1. The summed E-state index contributed by atoms with van der Waals surface area (Å²) in [5, 5.41) is 21.3.